The van der Waals surface area contributed by atoms with E-state index in [9.17, 15) is 4.79 Å². The molecular formula is C19H33IN6O2S. The van der Waals surface area contributed by atoms with Crippen LogP contribution in [0.2, 0.25) is 0 Å². The van der Waals surface area contributed by atoms with E-state index < -0.39 is 0 Å². The van der Waals surface area contributed by atoms with E-state index in [4.69, 9.17) is 4.74 Å². The maximum atomic E-state index is 12.4. The second-order valence-corrected chi connectivity index (χ2v) is 8.51. The lowest BCUT2D eigenvalue weighted by molar-refractivity contribution is -0.136. The highest BCUT2D eigenvalue weighted by molar-refractivity contribution is 14.0. The summed E-state index contributed by atoms with van der Waals surface area (Å²) in [5, 5.41) is 4.60. The maximum absolute atomic E-state index is 12.4. The van der Waals surface area contributed by atoms with E-state index in [1.165, 1.54) is 4.88 Å². The lowest BCUT2D eigenvalue weighted by Gasteiger charge is -2.37. The number of aromatic nitrogens is 1. The molecule has 8 nitrogen and oxygen atoms in total. The molecule has 0 aromatic carbocycles. The molecule has 2 aliphatic rings. The van der Waals surface area contributed by atoms with E-state index in [1.807, 2.05) is 11.9 Å². The second-order valence-electron chi connectivity index (χ2n) is 7.22. The topological polar surface area (TPSA) is 73.3 Å². The normalized spacial score (nSPS) is 18.5. The van der Waals surface area contributed by atoms with Crippen molar-refractivity contribution in [3.8, 4) is 0 Å². The number of piperazine rings is 1. The zero-order chi connectivity index (χ0) is 19.9. The highest BCUT2D eigenvalue weighted by atomic mass is 127. The van der Waals surface area contributed by atoms with Crippen molar-refractivity contribution in [1.29, 1.82) is 0 Å². The van der Waals surface area contributed by atoms with Crippen LogP contribution in [0.25, 0.3) is 0 Å². The minimum absolute atomic E-state index is 0. The Morgan fingerprint density at radius 2 is 1.83 bits per heavy atom. The summed E-state index contributed by atoms with van der Waals surface area (Å²) in [6.45, 7) is 11.8. The molecule has 164 valence electrons. The van der Waals surface area contributed by atoms with Crippen LogP contribution in [0.4, 0.5) is 0 Å². The van der Waals surface area contributed by atoms with Crippen molar-refractivity contribution in [2.45, 2.75) is 20.3 Å². The molecule has 0 saturated carbocycles. The van der Waals surface area contributed by atoms with Gasteiger partial charge < -0.3 is 19.9 Å². The summed E-state index contributed by atoms with van der Waals surface area (Å²) in [4.78, 5) is 29.1. The van der Waals surface area contributed by atoms with Crippen LogP contribution in [0.15, 0.2) is 4.99 Å². The fraction of sp³-hybridized carbons (Fsp3) is 0.737. The van der Waals surface area contributed by atoms with Gasteiger partial charge in [0.05, 0.1) is 30.5 Å². The number of morpholine rings is 1. The summed E-state index contributed by atoms with van der Waals surface area (Å²) < 4.78 is 5.32. The molecule has 1 amide bonds. The number of hydrogen-bond acceptors (Lipinski definition) is 6. The van der Waals surface area contributed by atoms with Crippen LogP contribution in [0, 0.1) is 13.8 Å². The van der Waals surface area contributed by atoms with E-state index >= 15 is 0 Å². The first-order chi connectivity index (χ1) is 13.6. The van der Waals surface area contributed by atoms with Gasteiger partial charge in [-0.2, -0.15) is 0 Å². The van der Waals surface area contributed by atoms with Crippen molar-refractivity contribution in [3.63, 3.8) is 0 Å². The van der Waals surface area contributed by atoms with Crippen LogP contribution >= 0.6 is 35.3 Å². The van der Waals surface area contributed by atoms with Gasteiger partial charge in [0.1, 0.15) is 0 Å². The van der Waals surface area contributed by atoms with Gasteiger partial charge in [0.2, 0.25) is 5.91 Å². The third kappa shape index (κ3) is 7.04. The molecule has 0 atom stereocenters. The Morgan fingerprint density at radius 3 is 2.41 bits per heavy atom. The Bertz CT molecular complexity index is 684. The van der Waals surface area contributed by atoms with Gasteiger partial charge in [-0.3, -0.25) is 14.7 Å². The summed E-state index contributed by atoms with van der Waals surface area (Å²) in [5.74, 6) is 1.16. The molecule has 1 aromatic rings. The first-order valence-corrected chi connectivity index (χ1v) is 10.8. The molecule has 0 spiro atoms. The lowest BCUT2D eigenvalue weighted by atomic mass is 10.3. The number of hydrogen-bond donors (Lipinski definition) is 1. The predicted octanol–water partition coefficient (Wildman–Crippen LogP) is 0.972. The number of carbonyl (C=O) groups excluding carboxylic acids is 1. The molecule has 3 rings (SSSR count). The zero-order valence-electron chi connectivity index (χ0n) is 17.6. The van der Waals surface area contributed by atoms with Gasteiger partial charge in [0.15, 0.2) is 5.96 Å². The third-order valence-corrected chi connectivity index (χ3v) is 6.37. The average molecular weight is 536 g/mol. The number of carbonyl (C=O) groups is 1. The quantitative estimate of drug-likeness (QED) is 0.344. The van der Waals surface area contributed by atoms with Crippen molar-refractivity contribution in [3.05, 3.63) is 15.6 Å². The molecule has 1 N–H and O–H groups in total. The predicted molar refractivity (Wildman–Crippen MR) is 127 cm³/mol. The van der Waals surface area contributed by atoms with Crippen LogP contribution in [-0.4, -0.2) is 104 Å². The summed E-state index contributed by atoms with van der Waals surface area (Å²) in [6, 6.07) is 0. The van der Waals surface area contributed by atoms with Crippen molar-refractivity contribution < 1.29 is 9.53 Å². The van der Waals surface area contributed by atoms with Crippen LogP contribution in [0.5, 0.6) is 0 Å². The molecule has 0 radical (unpaired) electrons. The molecule has 0 unspecified atom stereocenters. The van der Waals surface area contributed by atoms with Gasteiger partial charge in [-0.1, -0.05) is 0 Å². The van der Waals surface area contributed by atoms with E-state index in [0.717, 1.165) is 55.8 Å². The van der Waals surface area contributed by atoms with Crippen molar-refractivity contribution >= 4 is 47.2 Å². The average Bonchev–Trinajstić information content (AvgIpc) is 3.04. The number of guanidine groups is 1. The molecule has 2 fully saturated rings. The smallest absolute Gasteiger partial charge is 0.236 e. The number of nitrogens with one attached hydrogen (secondary N) is 1. The largest absolute Gasteiger partial charge is 0.378 e. The van der Waals surface area contributed by atoms with Crippen LogP contribution in [-0.2, 0) is 16.0 Å². The SMILES string of the molecule is CN=C(NCCc1sc(C)nc1C)N1CCN(CC(=O)N2CCOCC2)CC1.I. The van der Waals surface area contributed by atoms with Gasteiger partial charge in [0, 0.05) is 64.2 Å². The van der Waals surface area contributed by atoms with Crippen molar-refractivity contribution in [1.82, 2.24) is 25.0 Å². The first kappa shape index (κ1) is 24.3. The molecule has 3 heterocycles. The molecule has 2 aliphatic heterocycles. The summed E-state index contributed by atoms with van der Waals surface area (Å²) in [7, 11) is 1.83. The fourth-order valence-electron chi connectivity index (χ4n) is 3.65. The minimum Gasteiger partial charge on any atom is -0.378 e. The Hall–Kier alpha value is -0.980. The number of rotatable bonds is 5. The van der Waals surface area contributed by atoms with Crippen LogP contribution < -0.4 is 5.32 Å². The monoisotopic (exact) mass is 536 g/mol. The van der Waals surface area contributed by atoms with Crippen LogP contribution in [0.3, 0.4) is 0 Å². The van der Waals surface area contributed by atoms with Gasteiger partial charge in [-0.15, -0.1) is 35.3 Å². The molecule has 29 heavy (non-hydrogen) atoms. The number of ether oxygens (including phenoxy) is 1. The van der Waals surface area contributed by atoms with E-state index in [2.05, 4.69) is 38.9 Å². The highest BCUT2D eigenvalue weighted by Gasteiger charge is 2.24. The number of thiazole rings is 1. The Balaban J connectivity index is 0.00000300. The lowest BCUT2D eigenvalue weighted by Crippen LogP contribution is -2.55. The fourth-order valence-corrected chi connectivity index (χ4v) is 4.58. The number of amides is 1. The van der Waals surface area contributed by atoms with E-state index in [0.29, 0.717) is 32.8 Å². The molecule has 0 aliphatic carbocycles. The molecule has 0 bridgehead atoms. The summed E-state index contributed by atoms with van der Waals surface area (Å²) in [6.07, 6.45) is 0.963. The molecule has 10 heteroatoms. The second kappa shape index (κ2) is 12.0. The summed E-state index contributed by atoms with van der Waals surface area (Å²) >= 11 is 1.77. The summed E-state index contributed by atoms with van der Waals surface area (Å²) in [5.41, 5.74) is 1.14. The number of halogens is 1. The van der Waals surface area contributed by atoms with Crippen LogP contribution in [0.1, 0.15) is 15.6 Å². The van der Waals surface area contributed by atoms with Gasteiger partial charge >= 0.3 is 0 Å². The van der Waals surface area contributed by atoms with Gasteiger partial charge in [0.25, 0.3) is 0 Å². The van der Waals surface area contributed by atoms with E-state index in [-0.39, 0.29) is 29.9 Å². The van der Waals surface area contributed by atoms with Gasteiger partial charge in [-0.25, -0.2) is 4.98 Å². The van der Waals surface area contributed by atoms with Crippen molar-refractivity contribution in [2.24, 2.45) is 4.99 Å². The zero-order valence-corrected chi connectivity index (χ0v) is 20.8. The first-order valence-electron chi connectivity index (χ1n) is 10.0. The molecule has 1 aromatic heterocycles. The maximum Gasteiger partial charge on any atom is 0.236 e. The highest BCUT2D eigenvalue weighted by Crippen LogP contribution is 2.17. The molecule has 2 saturated heterocycles. The standard InChI is InChI=1S/C19H32N6O2S.HI/c1-15-17(28-16(2)22-15)4-5-21-19(20-3)25-8-6-23(7-9-25)14-18(26)24-10-12-27-13-11-24;/h4-14H2,1-3H3,(H,20,21);1H. The van der Waals surface area contributed by atoms with Gasteiger partial charge in [-0.05, 0) is 13.8 Å². The molecular weight excluding hydrogens is 503 g/mol. The van der Waals surface area contributed by atoms with Crippen molar-refractivity contribution in [2.75, 3.05) is 72.6 Å². The third-order valence-electron chi connectivity index (χ3n) is 5.24. The Labute approximate surface area is 194 Å². The minimum atomic E-state index is 0. The van der Waals surface area contributed by atoms with E-state index in [1.54, 1.807) is 11.3 Å². The number of aryl methyl sites for hydroxylation is 2. The number of nitrogens with zero attached hydrogens (tertiary/aromatic N) is 5. The number of aliphatic imine (C=N–C) groups is 1. The Morgan fingerprint density at radius 1 is 1.14 bits per heavy atom. The Kier molecular flexibility index (Phi) is 10.1.